The third-order valence-electron chi connectivity index (χ3n) is 8.19. The van der Waals surface area contributed by atoms with Gasteiger partial charge in [0.05, 0.1) is 16.8 Å². The molecule has 43 heavy (non-hydrogen) atoms. The molecule has 4 unspecified atom stereocenters. The quantitative estimate of drug-likeness (QED) is 0.271. The lowest BCUT2D eigenvalue weighted by Crippen LogP contribution is -2.55. The summed E-state index contributed by atoms with van der Waals surface area (Å²) < 4.78 is 28.6. The Bertz CT molecular complexity index is 1630. The van der Waals surface area contributed by atoms with Crippen LogP contribution in [0.2, 0.25) is 5.02 Å². The number of amides is 2. The zero-order valence-corrected chi connectivity index (χ0v) is 24.5. The Morgan fingerprint density at radius 2 is 1.53 bits per heavy atom. The standard InChI is InChI=1S/C33H28ClF2N3O3S/c34-23-10-6-20(7-11-23)27-28(31(40)26-5-2-18-43-26)29(21-8-12-24(35)13-9-21)39(32(41)22-3-1-4-25(36)19-22)30(27)33(42)38-16-14-37-15-17-38/h1-13,18-19,27-30,37H,14-17H2. The summed E-state index contributed by atoms with van der Waals surface area (Å²) in [5.74, 6) is -3.91. The molecule has 2 aliphatic heterocycles. The van der Waals surface area contributed by atoms with Gasteiger partial charge in [-0.05, 0) is 65.0 Å². The SMILES string of the molecule is O=C(c1cccs1)C1C(c2ccc(Cl)cc2)C(C(=O)N2CCNCC2)N(C(=O)c2cccc(F)c2)C1c1ccc(F)cc1. The Kier molecular flexibility index (Phi) is 8.38. The number of benzene rings is 3. The van der Waals surface area contributed by atoms with Crippen molar-refractivity contribution in [2.24, 2.45) is 5.92 Å². The number of halogens is 3. The molecule has 6 nitrogen and oxygen atoms in total. The molecule has 1 N–H and O–H groups in total. The zero-order valence-electron chi connectivity index (χ0n) is 23.0. The summed E-state index contributed by atoms with van der Waals surface area (Å²) in [6, 6.07) is 19.3. The maximum atomic E-state index is 14.6. The molecule has 3 aromatic carbocycles. The summed E-state index contributed by atoms with van der Waals surface area (Å²) in [6.07, 6.45) is 0. The number of likely N-dealkylation sites (tertiary alicyclic amines) is 1. The monoisotopic (exact) mass is 619 g/mol. The number of piperazine rings is 1. The van der Waals surface area contributed by atoms with E-state index in [0.717, 1.165) is 6.07 Å². The average Bonchev–Trinajstić information content (AvgIpc) is 3.69. The van der Waals surface area contributed by atoms with E-state index in [9.17, 15) is 23.2 Å². The number of carbonyl (C=O) groups is 3. The summed E-state index contributed by atoms with van der Waals surface area (Å²) in [6.45, 7) is 2.02. The van der Waals surface area contributed by atoms with Crippen LogP contribution in [-0.2, 0) is 4.79 Å². The van der Waals surface area contributed by atoms with Crippen LogP contribution < -0.4 is 5.32 Å². The lowest BCUT2D eigenvalue weighted by atomic mass is 9.77. The average molecular weight is 620 g/mol. The Morgan fingerprint density at radius 1 is 0.837 bits per heavy atom. The molecule has 10 heteroatoms. The zero-order chi connectivity index (χ0) is 30.1. The molecule has 3 heterocycles. The first-order chi connectivity index (χ1) is 20.8. The van der Waals surface area contributed by atoms with Crippen LogP contribution in [0.15, 0.2) is 90.3 Å². The highest BCUT2D eigenvalue weighted by molar-refractivity contribution is 7.12. The van der Waals surface area contributed by atoms with Gasteiger partial charge in [0.15, 0.2) is 5.78 Å². The van der Waals surface area contributed by atoms with E-state index in [1.165, 1.54) is 58.7 Å². The van der Waals surface area contributed by atoms with Crippen LogP contribution in [0.25, 0.3) is 0 Å². The van der Waals surface area contributed by atoms with E-state index in [-0.39, 0.29) is 17.3 Å². The molecule has 2 amide bonds. The second kappa shape index (κ2) is 12.4. The van der Waals surface area contributed by atoms with Gasteiger partial charge in [0.25, 0.3) is 5.91 Å². The van der Waals surface area contributed by atoms with Crippen LogP contribution in [0.4, 0.5) is 8.78 Å². The molecular formula is C33H28ClF2N3O3S. The first-order valence-corrected chi connectivity index (χ1v) is 15.3. The molecule has 0 spiro atoms. The number of hydrogen-bond acceptors (Lipinski definition) is 5. The van der Waals surface area contributed by atoms with Crippen LogP contribution in [0.3, 0.4) is 0 Å². The fraction of sp³-hybridized carbons (Fsp3) is 0.242. The number of Topliss-reactive ketones (excluding diaryl/α,β-unsaturated/α-hetero) is 1. The summed E-state index contributed by atoms with van der Waals surface area (Å²) in [7, 11) is 0. The van der Waals surface area contributed by atoms with Crippen LogP contribution in [-0.4, -0.2) is 59.6 Å². The Balaban J connectivity index is 1.61. The molecule has 2 saturated heterocycles. The number of nitrogens with zero attached hydrogens (tertiary/aromatic N) is 2. The van der Waals surface area contributed by atoms with E-state index in [4.69, 9.17) is 11.6 Å². The molecule has 1 aromatic heterocycles. The molecule has 220 valence electrons. The molecular weight excluding hydrogens is 592 g/mol. The number of rotatable bonds is 6. The predicted molar refractivity (Wildman–Crippen MR) is 161 cm³/mol. The lowest BCUT2D eigenvalue weighted by molar-refractivity contribution is -0.136. The molecule has 0 bridgehead atoms. The molecule has 4 atom stereocenters. The summed E-state index contributed by atoms with van der Waals surface area (Å²) in [5.41, 5.74) is 1.20. The van der Waals surface area contributed by atoms with Gasteiger partial charge in [-0.1, -0.05) is 48.0 Å². The molecule has 0 aliphatic carbocycles. The van der Waals surface area contributed by atoms with Gasteiger partial charge in [-0.2, -0.15) is 0 Å². The Labute approximate surface area is 256 Å². The fourth-order valence-corrected chi connectivity index (χ4v) is 7.11. The third kappa shape index (κ3) is 5.72. The molecule has 2 aliphatic rings. The molecule has 4 aromatic rings. The highest BCUT2D eigenvalue weighted by atomic mass is 35.5. The van der Waals surface area contributed by atoms with E-state index >= 15 is 0 Å². The maximum absolute atomic E-state index is 14.6. The first-order valence-electron chi connectivity index (χ1n) is 14.0. The number of carbonyl (C=O) groups excluding carboxylic acids is 3. The van der Waals surface area contributed by atoms with Crippen LogP contribution in [0, 0.1) is 17.6 Å². The van der Waals surface area contributed by atoms with Gasteiger partial charge in [-0.15, -0.1) is 11.3 Å². The minimum absolute atomic E-state index is 0.0456. The van der Waals surface area contributed by atoms with Crippen molar-refractivity contribution in [2.45, 2.75) is 18.0 Å². The maximum Gasteiger partial charge on any atom is 0.255 e. The van der Waals surface area contributed by atoms with Gasteiger partial charge < -0.3 is 15.1 Å². The van der Waals surface area contributed by atoms with Crippen molar-refractivity contribution < 1.29 is 23.2 Å². The molecule has 6 rings (SSSR count). The van der Waals surface area contributed by atoms with Crippen molar-refractivity contribution >= 4 is 40.5 Å². The van der Waals surface area contributed by atoms with Crippen molar-refractivity contribution in [3.05, 3.63) is 129 Å². The second-order valence-corrected chi connectivity index (χ2v) is 12.1. The summed E-state index contributed by atoms with van der Waals surface area (Å²) in [4.78, 5) is 47.2. The topological polar surface area (TPSA) is 69.7 Å². The van der Waals surface area contributed by atoms with Gasteiger partial charge in [0.2, 0.25) is 5.91 Å². The summed E-state index contributed by atoms with van der Waals surface area (Å²) in [5, 5.41) is 5.52. The minimum Gasteiger partial charge on any atom is -0.338 e. The van der Waals surface area contributed by atoms with Crippen molar-refractivity contribution in [2.75, 3.05) is 26.2 Å². The smallest absolute Gasteiger partial charge is 0.255 e. The number of nitrogens with one attached hydrogen (secondary N) is 1. The van der Waals surface area contributed by atoms with E-state index in [2.05, 4.69) is 5.32 Å². The fourth-order valence-electron chi connectivity index (χ4n) is 6.27. The third-order valence-corrected chi connectivity index (χ3v) is 9.32. The second-order valence-electron chi connectivity index (χ2n) is 10.7. The van der Waals surface area contributed by atoms with E-state index < -0.39 is 41.5 Å². The molecule has 0 saturated carbocycles. The number of ketones is 1. The summed E-state index contributed by atoms with van der Waals surface area (Å²) >= 11 is 7.53. The van der Waals surface area contributed by atoms with Crippen LogP contribution >= 0.6 is 22.9 Å². The van der Waals surface area contributed by atoms with Crippen molar-refractivity contribution in [3.8, 4) is 0 Å². The first kappa shape index (κ1) is 29.2. The lowest BCUT2D eigenvalue weighted by Gasteiger charge is -2.36. The minimum atomic E-state index is -1.11. The van der Waals surface area contributed by atoms with Gasteiger partial charge >= 0.3 is 0 Å². The Hall–Kier alpha value is -3.92. The van der Waals surface area contributed by atoms with Crippen molar-refractivity contribution in [3.63, 3.8) is 0 Å². The highest BCUT2D eigenvalue weighted by Crippen LogP contribution is 2.52. The van der Waals surface area contributed by atoms with Gasteiger partial charge in [-0.3, -0.25) is 14.4 Å². The van der Waals surface area contributed by atoms with Gasteiger partial charge in [-0.25, -0.2) is 8.78 Å². The Morgan fingerprint density at radius 3 is 2.19 bits per heavy atom. The van der Waals surface area contributed by atoms with Crippen molar-refractivity contribution in [1.29, 1.82) is 0 Å². The highest BCUT2D eigenvalue weighted by Gasteiger charge is 2.58. The van der Waals surface area contributed by atoms with E-state index in [0.29, 0.717) is 47.2 Å². The van der Waals surface area contributed by atoms with Gasteiger partial charge in [0, 0.05) is 42.7 Å². The van der Waals surface area contributed by atoms with E-state index in [1.807, 2.05) is 0 Å². The predicted octanol–water partition coefficient (Wildman–Crippen LogP) is 5.96. The normalized spacial score (nSPS) is 22.0. The molecule has 0 radical (unpaired) electrons. The van der Waals surface area contributed by atoms with Crippen LogP contribution in [0.5, 0.6) is 0 Å². The van der Waals surface area contributed by atoms with E-state index in [1.54, 1.807) is 46.7 Å². The largest absolute Gasteiger partial charge is 0.338 e. The number of thiophene rings is 1. The molecule has 2 fully saturated rings. The number of hydrogen-bond donors (Lipinski definition) is 1. The van der Waals surface area contributed by atoms with Gasteiger partial charge in [0.1, 0.15) is 17.7 Å². The van der Waals surface area contributed by atoms with Crippen LogP contribution in [0.1, 0.15) is 43.1 Å². The van der Waals surface area contributed by atoms with Crippen molar-refractivity contribution in [1.82, 2.24) is 15.1 Å².